The monoisotopic (exact) mass is 488 g/mol. The Kier molecular flexibility index (Phi) is 7.71. The summed E-state index contributed by atoms with van der Waals surface area (Å²) in [5.41, 5.74) is 1.38. The van der Waals surface area contributed by atoms with Crippen LogP contribution in [0.25, 0.3) is 0 Å². The minimum absolute atomic E-state index is 0.238. The van der Waals surface area contributed by atoms with E-state index in [4.69, 9.17) is 46.4 Å². The van der Waals surface area contributed by atoms with Gasteiger partial charge in [-0.3, -0.25) is 4.79 Å². The number of hydrogen-bond acceptors (Lipinski definition) is 4. The van der Waals surface area contributed by atoms with E-state index in [1.165, 1.54) is 17.8 Å². The molecule has 29 heavy (non-hydrogen) atoms. The zero-order chi connectivity index (χ0) is 21.0. The van der Waals surface area contributed by atoms with Gasteiger partial charge in [-0.25, -0.2) is 0 Å². The van der Waals surface area contributed by atoms with Crippen molar-refractivity contribution in [2.24, 2.45) is 0 Å². The van der Waals surface area contributed by atoms with Crippen LogP contribution in [0, 0.1) is 0 Å². The Labute approximate surface area is 192 Å². The van der Waals surface area contributed by atoms with Gasteiger partial charge in [0, 0.05) is 27.9 Å². The zero-order valence-corrected chi connectivity index (χ0v) is 19.1. The number of nitrogens with one attached hydrogen (secondary N) is 1. The van der Waals surface area contributed by atoms with Crippen LogP contribution in [0.2, 0.25) is 20.1 Å². The molecule has 1 heterocycles. The number of carbonyl (C=O) groups is 1. The molecular weight excluding hydrogens is 474 g/mol. The fourth-order valence-corrected chi connectivity index (χ4v) is 4.43. The predicted octanol–water partition coefficient (Wildman–Crippen LogP) is 6.13. The third-order valence-corrected chi connectivity index (χ3v) is 6.41. The van der Waals surface area contributed by atoms with Gasteiger partial charge in [0.1, 0.15) is 0 Å². The number of benzene rings is 2. The molecule has 1 N–H and O–H groups in total. The van der Waals surface area contributed by atoms with Crippen molar-refractivity contribution in [3.63, 3.8) is 0 Å². The van der Waals surface area contributed by atoms with Crippen molar-refractivity contribution in [3.8, 4) is 0 Å². The van der Waals surface area contributed by atoms with E-state index >= 15 is 0 Å². The quantitative estimate of drug-likeness (QED) is 0.405. The van der Waals surface area contributed by atoms with Crippen molar-refractivity contribution >= 4 is 64.1 Å². The maximum Gasteiger partial charge on any atom is 0.251 e. The average molecular weight is 490 g/mol. The van der Waals surface area contributed by atoms with E-state index in [9.17, 15) is 4.79 Å². The average Bonchev–Trinajstić information content (AvgIpc) is 3.09. The van der Waals surface area contributed by atoms with Crippen molar-refractivity contribution in [1.82, 2.24) is 20.1 Å². The normalized spacial score (nSPS) is 10.9. The topological polar surface area (TPSA) is 59.8 Å². The van der Waals surface area contributed by atoms with Crippen LogP contribution in [0.5, 0.6) is 0 Å². The lowest BCUT2D eigenvalue weighted by molar-refractivity contribution is 0.0949. The number of thioether (sulfide) groups is 1. The van der Waals surface area contributed by atoms with Crippen molar-refractivity contribution in [2.45, 2.75) is 30.9 Å². The van der Waals surface area contributed by atoms with E-state index in [2.05, 4.69) is 15.5 Å². The van der Waals surface area contributed by atoms with E-state index in [1.807, 2.05) is 17.6 Å². The second-order valence-corrected chi connectivity index (χ2v) is 8.58. The van der Waals surface area contributed by atoms with E-state index in [-0.39, 0.29) is 12.5 Å². The molecule has 0 fully saturated rings. The van der Waals surface area contributed by atoms with Crippen molar-refractivity contribution in [2.75, 3.05) is 0 Å². The molecule has 3 aromatic rings. The molecule has 0 radical (unpaired) electrons. The van der Waals surface area contributed by atoms with Crippen LogP contribution in [0.15, 0.2) is 41.6 Å². The van der Waals surface area contributed by atoms with Crippen molar-refractivity contribution in [3.05, 3.63) is 73.4 Å². The Morgan fingerprint density at radius 2 is 1.83 bits per heavy atom. The first-order valence-corrected chi connectivity index (χ1v) is 11.1. The molecule has 0 saturated heterocycles. The molecule has 2 aromatic carbocycles. The van der Waals surface area contributed by atoms with Gasteiger partial charge < -0.3 is 9.88 Å². The van der Waals surface area contributed by atoms with Crippen LogP contribution in [0.1, 0.15) is 28.7 Å². The Bertz CT molecular complexity index is 1040. The molecule has 0 aliphatic carbocycles. The molecule has 0 bridgehead atoms. The Morgan fingerprint density at radius 3 is 2.52 bits per heavy atom. The lowest BCUT2D eigenvalue weighted by atomic mass is 10.2. The third-order valence-electron chi connectivity index (χ3n) is 4.07. The molecule has 5 nitrogen and oxygen atoms in total. The number of halogens is 4. The Balaban J connectivity index is 1.65. The fraction of sp³-hybridized carbons (Fsp3) is 0.211. The molecule has 1 aromatic heterocycles. The highest BCUT2D eigenvalue weighted by molar-refractivity contribution is 7.98. The van der Waals surface area contributed by atoms with E-state index in [0.29, 0.717) is 43.8 Å². The second kappa shape index (κ2) is 10.0. The third kappa shape index (κ3) is 5.58. The van der Waals surface area contributed by atoms with Crippen molar-refractivity contribution < 1.29 is 4.79 Å². The molecule has 0 saturated carbocycles. The highest BCUT2D eigenvalue weighted by atomic mass is 35.5. The number of rotatable bonds is 7. The summed E-state index contributed by atoms with van der Waals surface area (Å²) in [5.74, 6) is 1.02. The summed E-state index contributed by atoms with van der Waals surface area (Å²) < 4.78 is 1.95. The van der Waals surface area contributed by atoms with Gasteiger partial charge in [-0.2, -0.15) is 0 Å². The minimum atomic E-state index is -0.267. The van der Waals surface area contributed by atoms with Gasteiger partial charge >= 0.3 is 0 Å². The highest BCUT2D eigenvalue weighted by Crippen LogP contribution is 2.28. The van der Waals surface area contributed by atoms with Gasteiger partial charge in [0.15, 0.2) is 11.0 Å². The zero-order valence-electron chi connectivity index (χ0n) is 15.3. The van der Waals surface area contributed by atoms with Gasteiger partial charge in [-0.1, -0.05) is 64.2 Å². The molecule has 0 spiro atoms. The molecular formula is C19H16Cl4N4OS. The Hall–Kier alpha value is -1.44. The van der Waals surface area contributed by atoms with Gasteiger partial charge in [0.05, 0.1) is 16.6 Å². The van der Waals surface area contributed by atoms with E-state index in [0.717, 1.165) is 10.7 Å². The van der Waals surface area contributed by atoms with Crippen LogP contribution in [-0.2, 0) is 18.8 Å². The van der Waals surface area contributed by atoms with Gasteiger partial charge in [-0.05, 0) is 42.8 Å². The molecule has 1 amide bonds. The highest BCUT2D eigenvalue weighted by Gasteiger charge is 2.14. The summed E-state index contributed by atoms with van der Waals surface area (Å²) in [6.45, 7) is 2.90. The smallest absolute Gasteiger partial charge is 0.251 e. The van der Waals surface area contributed by atoms with Crippen LogP contribution >= 0.6 is 58.2 Å². The number of nitrogens with zero attached hydrogens (tertiary/aromatic N) is 3. The molecule has 0 unspecified atom stereocenters. The molecule has 0 aliphatic rings. The lowest BCUT2D eigenvalue weighted by Gasteiger charge is -2.09. The molecule has 0 atom stereocenters. The van der Waals surface area contributed by atoms with Gasteiger partial charge in [-0.15, -0.1) is 10.2 Å². The first-order valence-electron chi connectivity index (χ1n) is 8.61. The first-order chi connectivity index (χ1) is 13.9. The summed E-state index contributed by atoms with van der Waals surface area (Å²) in [7, 11) is 0. The van der Waals surface area contributed by atoms with E-state index in [1.54, 1.807) is 24.3 Å². The van der Waals surface area contributed by atoms with Crippen LogP contribution in [0.3, 0.4) is 0 Å². The summed E-state index contributed by atoms with van der Waals surface area (Å²) in [4.78, 5) is 12.4. The summed E-state index contributed by atoms with van der Waals surface area (Å²) in [5, 5.41) is 14.0. The lowest BCUT2D eigenvalue weighted by Crippen LogP contribution is -2.24. The van der Waals surface area contributed by atoms with Crippen molar-refractivity contribution in [1.29, 1.82) is 0 Å². The van der Waals surface area contributed by atoms with Crippen LogP contribution < -0.4 is 5.32 Å². The number of carbonyl (C=O) groups excluding carboxylic acids is 1. The van der Waals surface area contributed by atoms with Gasteiger partial charge in [0.2, 0.25) is 0 Å². The molecule has 10 heteroatoms. The summed E-state index contributed by atoms with van der Waals surface area (Å²) >= 11 is 25.6. The Morgan fingerprint density at radius 1 is 1.03 bits per heavy atom. The SMILES string of the molecule is CCn1c(CNC(=O)c2ccc(Cl)c(Cl)c2)nnc1SCc1ccc(Cl)cc1Cl. The fourth-order valence-electron chi connectivity index (χ4n) is 2.55. The second-order valence-electron chi connectivity index (χ2n) is 5.98. The standard InChI is InChI=1S/C19H16Cl4N4OS/c1-2-27-17(9-24-18(28)11-4-6-14(21)16(23)7-11)25-26-19(27)29-10-12-3-5-13(20)8-15(12)22/h3-8H,2,9-10H2,1H3,(H,24,28). The number of amides is 1. The van der Waals surface area contributed by atoms with Crippen LogP contribution in [0.4, 0.5) is 0 Å². The van der Waals surface area contributed by atoms with Crippen LogP contribution in [-0.4, -0.2) is 20.7 Å². The number of aromatic nitrogens is 3. The summed E-state index contributed by atoms with van der Waals surface area (Å²) in [6.07, 6.45) is 0. The van der Waals surface area contributed by atoms with E-state index < -0.39 is 0 Å². The molecule has 0 aliphatic heterocycles. The minimum Gasteiger partial charge on any atom is -0.345 e. The molecule has 152 valence electrons. The maximum absolute atomic E-state index is 12.4. The van der Waals surface area contributed by atoms with Gasteiger partial charge in [0.25, 0.3) is 5.91 Å². The predicted molar refractivity (Wildman–Crippen MR) is 119 cm³/mol. The summed E-state index contributed by atoms with van der Waals surface area (Å²) in [6, 6.07) is 10.1. The largest absolute Gasteiger partial charge is 0.345 e. The molecule has 3 rings (SSSR count). The first kappa shape index (κ1) is 22.2. The maximum atomic E-state index is 12.4. The number of hydrogen-bond donors (Lipinski definition) is 1.